The van der Waals surface area contributed by atoms with Crippen molar-refractivity contribution in [1.82, 2.24) is 0 Å². The number of nitrogens with zero attached hydrogens (tertiary/aromatic N) is 2. The molecule has 1 aliphatic heterocycles. The molecule has 0 radical (unpaired) electrons. The summed E-state index contributed by atoms with van der Waals surface area (Å²) in [7, 11) is 1.34. The Morgan fingerprint density at radius 2 is 2.25 bits per heavy atom. The first-order valence-corrected chi connectivity index (χ1v) is 4.95. The third kappa shape index (κ3) is 3.20. The highest BCUT2D eigenvalue weighted by molar-refractivity contribution is 5.91. The fourth-order valence-corrected chi connectivity index (χ4v) is 1.41. The Morgan fingerprint density at radius 3 is 2.69 bits per heavy atom. The van der Waals surface area contributed by atoms with Crippen molar-refractivity contribution >= 4 is 5.90 Å². The van der Waals surface area contributed by atoms with Gasteiger partial charge in [0.2, 0.25) is 0 Å². The zero-order valence-corrected chi connectivity index (χ0v) is 9.09. The topological polar surface area (TPSA) is 100.0 Å². The fraction of sp³-hybridized carbons (Fsp3) is 0.667. The van der Waals surface area contributed by atoms with Crippen molar-refractivity contribution in [3.05, 3.63) is 22.0 Å². The average molecular weight is 229 g/mol. The van der Waals surface area contributed by atoms with E-state index in [2.05, 4.69) is 4.99 Å². The molecule has 2 N–H and O–H groups in total. The van der Waals surface area contributed by atoms with Crippen molar-refractivity contribution in [3.8, 4) is 0 Å². The van der Waals surface area contributed by atoms with Crippen LogP contribution in [0.4, 0.5) is 0 Å². The van der Waals surface area contributed by atoms with Crippen LogP contribution in [0.5, 0.6) is 0 Å². The lowest BCUT2D eigenvalue weighted by Gasteiger charge is -2.18. The van der Waals surface area contributed by atoms with Gasteiger partial charge in [-0.05, 0) is 12.8 Å². The van der Waals surface area contributed by atoms with Gasteiger partial charge in [-0.2, -0.15) is 0 Å². The standard InChI is InChI=1S/C9H15N3O4/c1-15-9(8(6-10)12(13)14)11-7-2-4-16-5-3-7/h6-7H,2-5,10H2,1H3. The van der Waals surface area contributed by atoms with E-state index < -0.39 is 4.92 Å². The maximum atomic E-state index is 10.6. The molecular weight excluding hydrogens is 214 g/mol. The molecule has 0 unspecified atom stereocenters. The normalized spacial score (nSPS) is 19.6. The molecule has 0 amide bonds. The van der Waals surface area contributed by atoms with Gasteiger partial charge in [-0.15, -0.1) is 0 Å². The van der Waals surface area contributed by atoms with Gasteiger partial charge < -0.3 is 15.2 Å². The number of rotatable bonds is 3. The van der Waals surface area contributed by atoms with Crippen LogP contribution in [0.2, 0.25) is 0 Å². The van der Waals surface area contributed by atoms with E-state index in [4.69, 9.17) is 15.2 Å². The molecule has 1 saturated heterocycles. The lowest BCUT2D eigenvalue weighted by molar-refractivity contribution is -0.416. The highest BCUT2D eigenvalue weighted by atomic mass is 16.6. The van der Waals surface area contributed by atoms with Crippen molar-refractivity contribution in [3.63, 3.8) is 0 Å². The lowest BCUT2D eigenvalue weighted by atomic mass is 10.1. The zero-order chi connectivity index (χ0) is 12.0. The molecule has 0 saturated carbocycles. The lowest BCUT2D eigenvalue weighted by Crippen LogP contribution is -2.23. The molecule has 0 atom stereocenters. The van der Waals surface area contributed by atoms with Crippen LogP contribution >= 0.6 is 0 Å². The second-order valence-corrected chi connectivity index (χ2v) is 3.29. The molecule has 0 bridgehead atoms. The first-order valence-electron chi connectivity index (χ1n) is 4.95. The van der Waals surface area contributed by atoms with Gasteiger partial charge in [-0.3, -0.25) is 10.1 Å². The van der Waals surface area contributed by atoms with Gasteiger partial charge in [0.1, 0.15) is 0 Å². The van der Waals surface area contributed by atoms with Crippen LogP contribution in [-0.4, -0.2) is 37.2 Å². The number of nitro groups is 1. The van der Waals surface area contributed by atoms with Crippen LogP contribution in [0.15, 0.2) is 16.9 Å². The van der Waals surface area contributed by atoms with Gasteiger partial charge in [0.15, 0.2) is 0 Å². The van der Waals surface area contributed by atoms with Crippen LogP contribution < -0.4 is 5.73 Å². The van der Waals surface area contributed by atoms with E-state index in [1.165, 1.54) is 7.11 Å². The maximum absolute atomic E-state index is 10.6. The quantitative estimate of drug-likeness (QED) is 0.324. The van der Waals surface area contributed by atoms with Crippen LogP contribution in [0, 0.1) is 10.1 Å². The Kier molecular flexibility index (Phi) is 4.71. The van der Waals surface area contributed by atoms with E-state index in [0.29, 0.717) is 13.2 Å². The van der Waals surface area contributed by atoms with Crippen LogP contribution in [-0.2, 0) is 9.47 Å². The van der Waals surface area contributed by atoms with Crippen molar-refractivity contribution in [1.29, 1.82) is 0 Å². The molecule has 1 fully saturated rings. The van der Waals surface area contributed by atoms with Crippen LogP contribution in [0.3, 0.4) is 0 Å². The average Bonchev–Trinajstić information content (AvgIpc) is 2.29. The molecule has 0 aromatic carbocycles. The highest BCUT2D eigenvalue weighted by Crippen LogP contribution is 2.12. The van der Waals surface area contributed by atoms with E-state index in [9.17, 15) is 10.1 Å². The molecule has 1 heterocycles. The largest absolute Gasteiger partial charge is 0.476 e. The number of hydrogen-bond acceptors (Lipinski definition) is 6. The number of aliphatic imine (C=N–C) groups is 1. The minimum Gasteiger partial charge on any atom is -0.476 e. The predicted octanol–water partition coefficient (Wildman–Crippen LogP) is 0.287. The summed E-state index contributed by atoms with van der Waals surface area (Å²) in [6, 6.07) is -0.00130. The second kappa shape index (κ2) is 6.06. The van der Waals surface area contributed by atoms with E-state index in [1.807, 2.05) is 0 Å². The monoisotopic (exact) mass is 229 g/mol. The third-order valence-electron chi connectivity index (χ3n) is 2.26. The summed E-state index contributed by atoms with van der Waals surface area (Å²) in [6.45, 7) is 1.23. The van der Waals surface area contributed by atoms with Gasteiger partial charge in [-0.1, -0.05) is 0 Å². The van der Waals surface area contributed by atoms with Crippen molar-refractivity contribution in [2.75, 3.05) is 20.3 Å². The predicted molar refractivity (Wildman–Crippen MR) is 57.5 cm³/mol. The van der Waals surface area contributed by atoms with Gasteiger partial charge in [-0.25, -0.2) is 4.99 Å². The SMILES string of the molecule is COC(=NC1CCOCC1)C(=CN)[N+](=O)[O-]. The van der Waals surface area contributed by atoms with E-state index >= 15 is 0 Å². The molecule has 0 aliphatic carbocycles. The van der Waals surface area contributed by atoms with Gasteiger partial charge in [0, 0.05) is 13.2 Å². The van der Waals surface area contributed by atoms with E-state index in [-0.39, 0.29) is 17.6 Å². The Hall–Kier alpha value is -1.63. The minimum absolute atomic E-state index is 0.00130. The summed E-state index contributed by atoms with van der Waals surface area (Å²) in [6.07, 6.45) is 2.37. The first-order chi connectivity index (χ1) is 7.69. The van der Waals surface area contributed by atoms with Gasteiger partial charge >= 0.3 is 5.70 Å². The maximum Gasteiger partial charge on any atom is 0.345 e. The molecule has 7 nitrogen and oxygen atoms in total. The molecule has 90 valence electrons. The minimum atomic E-state index is -0.609. The summed E-state index contributed by atoms with van der Waals surface area (Å²) in [5.41, 5.74) is 4.85. The summed E-state index contributed by atoms with van der Waals surface area (Å²) < 4.78 is 10.1. The Labute approximate surface area is 93.1 Å². The Bertz CT molecular complexity index is 308. The number of hydrogen-bond donors (Lipinski definition) is 1. The first kappa shape index (κ1) is 12.4. The second-order valence-electron chi connectivity index (χ2n) is 3.29. The summed E-state index contributed by atoms with van der Waals surface area (Å²) in [5.74, 6) is -0.0283. The molecule has 1 rings (SSSR count). The Balaban J connectivity index is 2.78. The summed E-state index contributed by atoms with van der Waals surface area (Å²) in [5, 5.41) is 10.6. The van der Waals surface area contributed by atoms with Crippen molar-refractivity contribution in [2.24, 2.45) is 10.7 Å². The van der Waals surface area contributed by atoms with E-state index in [1.54, 1.807) is 0 Å². The number of ether oxygens (including phenoxy) is 2. The third-order valence-corrected chi connectivity index (χ3v) is 2.26. The van der Waals surface area contributed by atoms with Crippen LogP contribution in [0.25, 0.3) is 0 Å². The summed E-state index contributed by atoms with van der Waals surface area (Å²) >= 11 is 0. The number of methoxy groups -OCH3 is 1. The molecular formula is C9H15N3O4. The van der Waals surface area contributed by atoms with E-state index in [0.717, 1.165) is 19.0 Å². The highest BCUT2D eigenvalue weighted by Gasteiger charge is 2.22. The molecule has 1 aliphatic rings. The van der Waals surface area contributed by atoms with Crippen molar-refractivity contribution < 1.29 is 14.4 Å². The smallest absolute Gasteiger partial charge is 0.345 e. The molecule has 7 heteroatoms. The fourth-order valence-electron chi connectivity index (χ4n) is 1.41. The Morgan fingerprint density at radius 1 is 1.62 bits per heavy atom. The molecule has 16 heavy (non-hydrogen) atoms. The molecule has 0 aromatic heterocycles. The van der Waals surface area contributed by atoms with Crippen molar-refractivity contribution in [2.45, 2.75) is 18.9 Å². The summed E-state index contributed by atoms with van der Waals surface area (Å²) in [4.78, 5) is 14.2. The molecule has 0 aromatic rings. The van der Waals surface area contributed by atoms with Crippen LogP contribution in [0.1, 0.15) is 12.8 Å². The number of nitrogens with two attached hydrogens (primary N) is 1. The van der Waals surface area contributed by atoms with Gasteiger partial charge in [0.25, 0.3) is 5.90 Å². The zero-order valence-electron chi connectivity index (χ0n) is 9.09. The molecule has 0 spiro atoms. The van der Waals surface area contributed by atoms with Gasteiger partial charge in [0.05, 0.1) is 24.3 Å².